The van der Waals surface area contributed by atoms with Crippen LogP contribution in [0.4, 0.5) is 0 Å². The lowest BCUT2D eigenvalue weighted by Gasteiger charge is -2.30. The van der Waals surface area contributed by atoms with Crippen molar-refractivity contribution in [2.24, 2.45) is 5.92 Å². The lowest BCUT2D eigenvalue weighted by molar-refractivity contribution is -0.125. The summed E-state index contributed by atoms with van der Waals surface area (Å²) in [6.07, 6.45) is 0.618. The van der Waals surface area contributed by atoms with Crippen molar-refractivity contribution in [2.75, 3.05) is 19.6 Å². The smallest absolute Gasteiger partial charge is 0.224 e. The van der Waals surface area contributed by atoms with E-state index in [1.807, 2.05) is 36.4 Å². The molecular formula is C26H28ClN3O2S. The van der Waals surface area contributed by atoms with E-state index in [9.17, 15) is 9.00 Å². The number of benzene rings is 3. The number of carbonyl (C=O) groups is 1. The molecule has 3 unspecified atom stereocenters. The van der Waals surface area contributed by atoms with Crippen molar-refractivity contribution in [3.8, 4) is 0 Å². The molecule has 7 heteroatoms. The van der Waals surface area contributed by atoms with Gasteiger partial charge < -0.3 is 10.6 Å². The third-order valence-corrected chi connectivity index (χ3v) is 7.35. The Morgan fingerprint density at radius 3 is 2.27 bits per heavy atom. The van der Waals surface area contributed by atoms with Crippen LogP contribution in [-0.4, -0.2) is 35.8 Å². The average Bonchev–Trinajstić information content (AvgIpc) is 2.85. The third kappa shape index (κ3) is 6.51. The van der Waals surface area contributed by atoms with E-state index in [1.54, 1.807) is 24.3 Å². The van der Waals surface area contributed by atoms with Crippen LogP contribution >= 0.6 is 11.6 Å². The van der Waals surface area contributed by atoms with Gasteiger partial charge in [-0.15, -0.1) is 0 Å². The fraction of sp³-hybridized carbons (Fsp3) is 0.269. The molecular weight excluding hydrogens is 454 g/mol. The van der Waals surface area contributed by atoms with E-state index in [4.69, 9.17) is 11.6 Å². The summed E-state index contributed by atoms with van der Waals surface area (Å²) in [6, 6.07) is 27.4. The zero-order chi connectivity index (χ0) is 23.0. The highest BCUT2D eigenvalue weighted by atomic mass is 35.5. The minimum atomic E-state index is -1.39. The zero-order valence-corrected chi connectivity index (χ0v) is 19.8. The van der Waals surface area contributed by atoms with Gasteiger partial charge in [-0.05, 0) is 35.7 Å². The summed E-state index contributed by atoms with van der Waals surface area (Å²) < 4.78 is 15.8. The first-order valence-corrected chi connectivity index (χ1v) is 12.6. The van der Waals surface area contributed by atoms with Crippen LogP contribution in [0, 0.1) is 5.92 Å². The molecule has 3 N–H and O–H groups in total. The van der Waals surface area contributed by atoms with E-state index in [0.717, 1.165) is 0 Å². The Bertz CT molecular complexity index is 1040. The van der Waals surface area contributed by atoms with Gasteiger partial charge in [0.2, 0.25) is 5.91 Å². The van der Waals surface area contributed by atoms with Gasteiger partial charge in [0.15, 0.2) is 0 Å². The van der Waals surface area contributed by atoms with Crippen LogP contribution in [0.15, 0.2) is 89.8 Å². The second-order valence-electron chi connectivity index (χ2n) is 8.25. The normalized spacial score (nSPS) is 19.2. The molecule has 1 saturated heterocycles. The number of hydrogen-bond acceptors (Lipinski definition) is 3. The summed E-state index contributed by atoms with van der Waals surface area (Å²) in [7, 11) is -1.39. The van der Waals surface area contributed by atoms with E-state index in [1.165, 1.54) is 11.1 Å². The molecule has 1 aliphatic heterocycles. The number of hydrogen-bond donors (Lipinski definition) is 3. The third-order valence-electron chi connectivity index (χ3n) is 5.89. The number of amides is 1. The average molecular weight is 482 g/mol. The topological polar surface area (TPSA) is 70.2 Å². The first-order valence-electron chi connectivity index (χ1n) is 11.1. The Labute approximate surface area is 202 Å². The van der Waals surface area contributed by atoms with Crippen LogP contribution in [0.5, 0.6) is 0 Å². The van der Waals surface area contributed by atoms with Gasteiger partial charge in [-0.2, -0.15) is 0 Å². The molecule has 1 fully saturated rings. The predicted octanol–water partition coefficient (Wildman–Crippen LogP) is 3.88. The van der Waals surface area contributed by atoms with Gasteiger partial charge in [0.05, 0.1) is 10.8 Å². The highest BCUT2D eigenvalue weighted by molar-refractivity contribution is 7.83. The Morgan fingerprint density at radius 1 is 0.970 bits per heavy atom. The van der Waals surface area contributed by atoms with Gasteiger partial charge in [-0.3, -0.25) is 4.79 Å². The van der Waals surface area contributed by atoms with Crippen molar-refractivity contribution in [1.29, 1.82) is 0 Å². The number of carbonyl (C=O) groups excluding carboxylic acids is 1. The quantitative estimate of drug-likeness (QED) is 0.457. The van der Waals surface area contributed by atoms with Crippen molar-refractivity contribution >= 4 is 28.5 Å². The molecule has 0 radical (unpaired) electrons. The van der Waals surface area contributed by atoms with E-state index in [2.05, 4.69) is 39.6 Å². The van der Waals surface area contributed by atoms with Crippen molar-refractivity contribution in [1.82, 2.24) is 15.4 Å². The molecule has 0 aromatic heterocycles. The predicted molar refractivity (Wildman–Crippen MR) is 133 cm³/mol. The first-order chi connectivity index (χ1) is 16.1. The van der Waals surface area contributed by atoms with E-state index >= 15 is 0 Å². The molecule has 0 bridgehead atoms. The van der Waals surface area contributed by atoms with Crippen LogP contribution < -0.4 is 15.4 Å². The van der Waals surface area contributed by atoms with Crippen molar-refractivity contribution in [2.45, 2.75) is 23.3 Å². The summed E-state index contributed by atoms with van der Waals surface area (Å²) >= 11 is 6.02. The molecule has 3 aromatic rings. The lowest BCUT2D eigenvalue weighted by atomic mass is 9.90. The van der Waals surface area contributed by atoms with Crippen LogP contribution in [-0.2, 0) is 15.8 Å². The van der Waals surface area contributed by atoms with Crippen LogP contribution in [0.25, 0.3) is 0 Å². The maximum Gasteiger partial charge on any atom is 0.224 e. The largest absolute Gasteiger partial charge is 0.355 e. The number of nitrogens with one attached hydrogen (secondary N) is 3. The molecule has 172 valence electrons. The van der Waals surface area contributed by atoms with Crippen LogP contribution in [0.1, 0.15) is 23.5 Å². The Kier molecular flexibility index (Phi) is 8.29. The van der Waals surface area contributed by atoms with Crippen molar-refractivity contribution in [3.63, 3.8) is 0 Å². The molecule has 0 aliphatic carbocycles. The van der Waals surface area contributed by atoms with Gasteiger partial charge in [-0.1, -0.05) is 78.3 Å². The maximum absolute atomic E-state index is 13.0. The summed E-state index contributed by atoms with van der Waals surface area (Å²) in [5.41, 5.74) is 2.34. The Balaban J connectivity index is 1.36. The Morgan fingerprint density at radius 2 is 1.64 bits per heavy atom. The summed E-state index contributed by atoms with van der Waals surface area (Å²) in [4.78, 5) is 13.7. The van der Waals surface area contributed by atoms with E-state index < -0.39 is 11.0 Å². The monoisotopic (exact) mass is 481 g/mol. The van der Waals surface area contributed by atoms with Crippen LogP contribution in [0.2, 0.25) is 5.02 Å². The summed E-state index contributed by atoms with van der Waals surface area (Å²) in [5, 5.41) is 7.01. The number of rotatable bonds is 8. The summed E-state index contributed by atoms with van der Waals surface area (Å²) in [6.45, 7) is 1.79. The van der Waals surface area contributed by atoms with Gasteiger partial charge in [0.1, 0.15) is 11.0 Å². The lowest BCUT2D eigenvalue weighted by Crippen LogP contribution is -2.51. The molecule has 3 aromatic carbocycles. The molecule has 33 heavy (non-hydrogen) atoms. The minimum Gasteiger partial charge on any atom is -0.355 e. The molecule has 3 atom stereocenters. The standard InChI is InChI=1S/C26H28ClN3O2S/c27-22-12-7-13-24(15-22)33(32)30-23-14-21(16-28-17-23)26(31)29-18-25(19-8-3-1-4-9-19)20-10-5-2-6-11-20/h1-13,15,21,23,25,28,30H,14,16-18H2,(H,29,31). The second kappa shape index (κ2) is 11.6. The first kappa shape index (κ1) is 23.6. The van der Waals surface area contributed by atoms with E-state index in [-0.39, 0.29) is 23.8 Å². The van der Waals surface area contributed by atoms with E-state index in [0.29, 0.717) is 36.0 Å². The minimum absolute atomic E-state index is 0.0133. The molecule has 4 rings (SSSR count). The van der Waals surface area contributed by atoms with Gasteiger partial charge in [-0.25, -0.2) is 8.93 Å². The van der Waals surface area contributed by atoms with Gasteiger partial charge in [0.25, 0.3) is 0 Å². The highest BCUT2D eigenvalue weighted by Crippen LogP contribution is 2.24. The SMILES string of the molecule is O=C(NCC(c1ccccc1)c1ccccc1)C1CNCC(NS(=O)c2cccc(Cl)c2)C1. The molecule has 1 heterocycles. The molecule has 0 spiro atoms. The molecule has 5 nitrogen and oxygen atoms in total. The number of halogens is 1. The maximum atomic E-state index is 13.0. The van der Waals surface area contributed by atoms with Crippen LogP contribution in [0.3, 0.4) is 0 Å². The fourth-order valence-corrected chi connectivity index (χ4v) is 5.49. The van der Waals surface area contributed by atoms with Gasteiger partial charge >= 0.3 is 0 Å². The highest BCUT2D eigenvalue weighted by Gasteiger charge is 2.28. The number of piperidine rings is 1. The molecule has 1 amide bonds. The van der Waals surface area contributed by atoms with Gasteiger partial charge in [0, 0.05) is 36.6 Å². The fourth-order valence-electron chi connectivity index (χ4n) is 4.18. The van der Waals surface area contributed by atoms with Crippen molar-refractivity contribution < 1.29 is 9.00 Å². The van der Waals surface area contributed by atoms with Crippen molar-refractivity contribution in [3.05, 3.63) is 101 Å². The second-order valence-corrected chi connectivity index (χ2v) is 9.93. The Hall–Kier alpha value is -2.51. The molecule has 0 saturated carbocycles. The zero-order valence-electron chi connectivity index (χ0n) is 18.2. The summed E-state index contributed by atoms with van der Waals surface area (Å²) in [5.74, 6) is -0.101. The molecule has 1 aliphatic rings.